The summed E-state index contributed by atoms with van der Waals surface area (Å²) in [4.78, 5) is 16.5. The summed E-state index contributed by atoms with van der Waals surface area (Å²) in [5, 5.41) is 3.81. The summed E-state index contributed by atoms with van der Waals surface area (Å²) in [6.07, 6.45) is 2.86. The average molecular weight is 329 g/mol. The van der Waals surface area contributed by atoms with E-state index in [1.807, 2.05) is 6.92 Å². The summed E-state index contributed by atoms with van der Waals surface area (Å²) >= 11 is 5.93. The van der Waals surface area contributed by atoms with Crippen LogP contribution >= 0.6 is 11.6 Å². The maximum atomic E-state index is 12.4. The number of piperidine rings is 1. The van der Waals surface area contributed by atoms with Crippen molar-refractivity contribution in [2.75, 3.05) is 13.1 Å². The number of halogens is 1. The van der Waals surface area contributed by atoms with Crippen molar-refractivity contribution in [3.63, 3.8) is 0 Å². The van der Waals surface area contributed by atoms with E-state index in [2.05, 4.69) is 34.6 Å². The van der Waals surface area contributed by atoms with Gasteiger partial charge in [0, 0.05) is 24.2 Å². The maximum absolute atomic E-state index is 12.4. The molecule has 1 atom stereocenters. The number of hydrogen-bond acceptors (Lipinski definition) is 3. The van der Waals surface area contributed by atoms with Gasteiger partial charge in [-0.05, 0) is 55.5 Å². The van der Waals surface area contributed by atoms with Gasteiger partial charge in [-0.25, -0.2) is 4.98 Å². The summed E-state index contributed by atoms with van der Waals surface area (Å²) in [6.45, 7) is 4.01. The number of benzene rings is 1. The van der Waals surface area contributed by atoms with E-state index >= 15 is 0 Å². The van der Waals surface area contributed by atoms with Gasteiger partial charge in [0.1, 0.15) is 5.15 Å². The molecule has 0 amide bonds. The molecule has 3 rings (SSSR count). The van der Waals surface area contributed by atoms with Gasteiger partial charge in [0.25, 0.3) is 0 Å². The number of hydrogen-bond donors (Lipinski definition) is 1. The highest BCUT2D eigenvalue weighted by Gasteiger charge is 2.15. The molecule has 0 aliphatic carbocycles. The van der Waals surface area contributed by atoms with Crippen LogP contribution in [0, 0.1) is 6.92 Å². The van der Waals surface area contributed by atoms with Crippen molar-refractivity contribution in [3.05, 3.63) is 63.9 Å². The van der Waals surface area contributed by atoms with Crippen molar-refractivity contribution in [2.24, 2.45) is 0 Å². The molecule has 1 saturated heterocycles. The molecule has 2 heterocycles. The topological polar surface area (TPSA) is 42.0 Å². The number of carbonyl (C=O) groups is 1. The molecule has 23 heavy (non-hydrogen) atoms. The lowest BCUT2D eigenvalue weighted by molar-refractivity contribution is 0.0992. The van der Waals surface area contributed by atoms with Crippen LogP contribution in [0.5, 0.6) is 0 Å². The fraction of sp³-hybridized carbons (Fsp3) is 0.368. The van der Waals surface area contributed by atoms with Gasteiger partial charge < -0.3 is 5.32 Å². The molecule has 120 valence electrons. The summed E-state index contributed by atoms with van der Waals surface area (Å²) in [7, 11) is 0. The number of aryl methyl sites for hydroxylation is 1. The van der Waals surface area contributed by atoms with Crippen LogP contribution in [0.25, 0.3) is 0 Å². The Morgan fingerprint density at radius 3 is 2.74 bits per heavy atom. The summed E-state index contributed by atoms with van der Waals surface area (Å²) < 4.78 is 0. The third-order valence-electron chi connectivity index (χ3n) is 4.36. The van der Waals surface area contributed by atoms with Gasteiger partial charge in [-0.15, -0.1) is 0 Å². The predicted molar refractivity (Wildman–Crippen MR) is 93.3 cm³/mol. The van der Waals surface area contributed by atoms with E-state index in [9.17, 15) is 4.79 Å². The Hall–Kier alpha value is -1.71. The van der Waals surface area contributed by atoms with E-state index in [1.165, 1.54) is 18.4 Å². The Kier molecular flexibility index (Phi) is 5.09. The molecule has 1 N–H and O–H groups in total. The fourth-order valence-electron chi connectivity index (χ4n) is 3.12. The number of ketones is 1. The molecule has 0 saturated carbocycles. The van der Waals surface area contributed by atoms with E-state index in [0.29, 0.717) is 23.1 Å². The van der Waals surface area contributed by atoms with Crippen molar-refractivity contribution >= 4 is 17.4 Å². The lowest BCUT2D eigenvalue weighted by Crippen LogP contribution is -2.28. The van der Waals surface area contributed by atoms with Gasteiger partial charge in [0.2, 0.25) is 0 Å². The first-order valence-corrected chi connectivity index (χ1v) is 8.46. The molecule has 4 heteroatoms. The highest BCUT2D eigenvalue weighted by atomic mass is 35.5. The fourth-order valence-corrected chi connectivity index (χ4v) is 3.37. The van der Waals surface area contributed by atoms with Gasteiger partial charge in [-0.1, -0.05) is 35.9 Å². The molecule has 0 bridgehead atoms. The summed E-state index contributed by atoms with van der Waals surface area (Å²) in [5.74, 6) is 0.666. The summed E-state index contributed by atoms with van der Waals surface area (Å²) in [6, 6.07) is 11.9. The Morgan fingerprint density at radius 2 is 2.09 bits per heavy atom. The molecule has 2 aromatic rings. The molecule has 1 aromatic carbocycles. The minimum atomic E-state index is 0.0736. The SMILES string of the molecule is Cc1cc(C(=O)Cc2ccc([C@@H]3CCCNC3)cc2)cc(Cl)n1. The van der Waals surface area contributed by atoms with E-state index in [4.69, 9.17) is 11.6 Å². The molecule has 3 nitrogen and oxygen atoms in total. The zero-order valence-corrected chi connectivity index (χ0v) is 14.1. The first-order valence-electron chi connectivity index (χ1n) is 8.09. The minimum Gasteiger partial charge on any atom is -0.316 e. The van der Waals surface area contributed by atoms with Crippen molar-refractivity contribution < 1.29 is 4.79 Å². The second kappa shape index (κ2) is 7.24. The Bertz CT molecular complexity index is 671. The number of nitrogens with one attached hydrogen (secondary N) is 1. The average Bonchev–Trinajstić information content (AvgIpc) is 2.55. The number of aromatic nitrogens is 1. The van der Waals surface area contributed by atoms with Crippen molar-refractivity contribution in [1.29, 1.82) is 0 Å². The van der Waals surface area contributed by atoms with E-state index in [1.54, 1.807) is 12.1 Å². The molecule has 1 aliphatic heterocycles. The monoisotopic (exact) mass is 328 g/mol. The summed E-state index contributed by atoms with van der Waals surface area (Å²) in [5.41, 5.74) is 3.79. The van der Waals surface area contributed by atoms with Crippen LogP contribution in [0.1, 0.15) is 45.9 Å². The van der Waals surface area contributed by atoms with E-state index in [0.717, 1.165) is 24.3 Å². The Labute approximate surface area is 142 Å². The second-order valence-electron chi connectivity index (χ2n) is 6.20. The highest BCUT2D eigenvalue weighted by molar-refractivity contribution is 6.29. The lowest BCUT2D eigenvalue weighted by Gasteiger charge is -2.23. The normalized spacial score (nSPS) is 17.9. The van der Waals surface area contributed by atoms with Gasteiger partial charge >= 0.3 is 0 Å². The number of rotatable bonds is 4. The third kappa shape index (κ3) is 4.18. The van der Waals surface area contributed by atoms with Crippen molar-refractivity contribution in [3.8, 4) is 0 Å². The van der Waals surface area contributed by atoms with Gasteiger partial charge in [-0.3, -0.25) is 4.79 Å². The standard InChI is InChI=1S/C19H21ClN2O/c1-13-9-17(11-19(20)22-13)18(23)10-14-4-6-15(7-5-14)16-3-2-8-21-12-16/h4-7,9,11,16,21H,2-3,8,10,12H2,1H3/t16-/m1/s1. The zero-order valence-electron chi connectivity index (χ0n) is 13.3. The number of pyridine rings is 1. The van der Waals surface area contributed by atoms with Crippen LogP contribution in [0.2, 0.25) is 5.15 Å². The second-order valence-corrected chi connectivity index (χ2v) is 6.59. The van der Waals surface area contributed by atoms with Crippen LogP contribution in [-0.2, 0) is 6.42 Å². The molecule has 0 unspecified atom stereocenters. The van der Waals surface area contributed by atoms with E-state index in [-0.39, 0.29) is 5.78 Å². The molecule has 0 spiro atoms. The quantitative estimate of drug-likeness (QED) is 0.683. The van der Waals surface area contributed by atoms with Crippen molar-refractivity contribution in [1.82, 2.24) is 10.3 Å². The molecular weight excluding hydrogens is 308 g/mol. The smallest absolute Gasteiger partial charge is 0.167 e. The highest BCUT2D eigenvalue weighted by Crippen LogP contribution is 2.23. The van der Waals surface area contributed by atoms with Gasteiger partial charge in [0.15, 0.2) is 5.78 Å². The third-order valence-corrected chi connectivity index (χ3v) is 4.55. The Balaban J connectivity index is 1.68. The Morgan fingerprint density at radius 1 is 1.30 bits per heavy atom. The molecule has 1 aromatic heterocycles. The number of nitrogens with zero attached hydrogens (tertiary/aromatic N) is 1. The number of carbonyl (C=O) groups excluding carboxylic acids is 1. The van der Waals surface area contributed by atoms with Crippen LogP contribution in [0.15, 0.2) is 36.4 Å². The van der Waals surface area contributed by atoms with Crippen molar-refractivity contribution in [2.45, 2.75) is 32.1 Å². The van der Waals surface area contributed by atoms with E-state index < -0.39 is 0 Å². The zero-order chi connectivity index (χ0) is 16.2. The first kappa shape index (κ1) is 16.2. The van der Waals surface area contributed by atoms with Crippen LogP contribution in [0.4, 0.5) is 0 Å². The van der Waals surface area contributed by atoms with Gasteiger partial charge in [-0.2, -0.15) is 0 Å². The van der Waals surface area contributed by atoms with Gasteiger partial charge in [0.05, 0.1) is 0 Å². The molecule has 0 radical (unpaired) electrons. The molecule has 1 fully saturated rings. The molecule has 1 aliphatic rings. The van der Waals surface area contributed by atoms with Crippen LogP contribution < -0.4 is 5.32 Å². The minimum absolute atomic E-state index is 0.0736. The first-order chi connectivity index (χ1) is 11.1. The predicted octanol–water partition coefficient (Wildman–Crippen LogP) is 3.94. The largest absolute Gasteiger partial charge is 0.316 e. The number of Topliss-reactive ketones (excluding diaryl/α,β-unsaturated/α-hetero) is 1. The molecular formula is C19H21ClN2O. The van der Waals surface area contributed by atoms with Crippen LogP contribution in [-0.4, -0.2) is 23.9 Å². The van der Waals surface area contributed by atoms with Crippen LogP contribution in [0.3, 0.4) is 0 Å². The maximum Gasteiger partial charge on any atom is 0.167 e. The lowest BCUT2D eigenvalue weighted by atomic mass is 9.90.